The first-order valence-corrected chi connectivity index (χ1v) is 19.4. The van der Waals surface area contributed by atoms with Crippen molar-refractivity contribution in [3.63, 3.8) is 0 Å². The van der Waals surface area contributed by atoms with Gasteiger partial charge in [0.15, 0.2) is 0 Å². The third kappa shape index (κ3) is 4.31. The van der Waals surface area contributed by atoms with E-state index < -0.39 is 5.41 Å². The molecule has 0 fully saturated rings. The average Bonchev–Trinajstić information content (AvgIpc) is 3.81. The second-order valence-corrected chi connectivity index (χ2v) is 15.1. The van der Waals surface area contributed by atoms with Gasteiger partial charge in [-0.25, -0.2) is 0 Å². The molecule has 0 saturated carbocycles. The maximum atomic E-state index is 6.67. The van der Waals surface area contributed by atoms with E-state index >= 15 is 0 Å². The Labute approximate surface area is 324 Å². The molecule has 0 bridgehead atoms. The second kappa shape index (κ2) is 11.9. The second-order valence-electron chi connectivity index (χ2n) is 15.1. The van der Waals surface area contributed by atoms with Crippen molar-refractivity contribution in [2.75, 3.05) is 0 Å². The Morgan fingerprint density at radius 1 is 0.339 bits per heavy atom. The zero-order valence-electron chi connectivity index (χ0n) is 30.5. The lowest BCUT2D eigenvalue weighted by atomic mass is 9.67. The molecule has 1 nitrogen and oxygen atoms in total. The van der Waals surface area contributed by atoms with E-state index in [0.29, 0.717) is 0 Å². The molecule has 11 aromatic rings. The zero-order chi connectivity index (χ0) is 36.8. The minimum atomic E-state index is -0.508. The summed E-state index contributed by atoms with van der Waals surface area (Å²) in [5.41, 5.74) is 13.9. The number of rotatable bonds is 4. The number of benzene rings is 10. The largest absolute Gasteiger partial charge is 0.455 e. The third-order valence-corrected chi connectivity index (χ3v) is 12.3. The van der Waals surface area contributed by atoms with E-state index in [2.05, 4.69) is 206 Å². The van der Waals surface area contributed by atoms with Crippen LogP contribution >= 0.6 is 0 Å². The molecule has 56 heavy (non-hydrogen) atoms. The molecule has 0 N–H and O–H groups in total. The summed E-state index contributed by atoms with van der Waals surface area (Å²) in [4.78, 5) is 0. The zero-order valence-corrected chi connectivity index (χ0v) is 30.5. The Kier molecular flexibility index (Phi) is 6.62. The summed E-state index contributed by atoms with van der Waals surface area (Å²) in [6, 6.07) is 75.9. The molecule has 0 saturated heterocycles. The van der Waals surface area contributed by atoms with E-state index in [0.717, 1.165) is 27.3 Å². The Morgan fingerprint density at radius 3 is 1.77 bits per heavy atom. The van der Waals surface area contributed by atoms with E-state index in [9.17, 15) is 0 Å². The molecule has 0 aliphatic heterocycles. The topological polar surface area (TPSA) is 13.1 Å². The highest BCUT2D eigenvalue weighted by molar-refractivity contribution is 6.19. The SMILES string of the molecule is c1ccc(C2(c3ccccc3)c3ccc(-c4cccc5oc6c7ccccc7ccc6c45)cc3-c3c2ccc2c(-c4ccc5ccccc5c4)cccc32)cc1. The Balaban J connectivity index is 1.17. The molecule has 0 radical (unpaired) electrons. The summed E-state index contributed by atoms with van der Waals surface area (Å²) in [6.45, 7) is 0. The van der Waals surface area contributed by atoms with Crippen LogP contribution < -0.4 is 0 Å². The van der Waals surface area contributed by atoms with Crippen molar-refractivity contribution in [2.45, 2.75) is 5.41 Å². The molecule has 1 aliphatic rings. The Bertz CT molecular complexity index is 3310. The molecular formula is C55H34O. The van der Waals surface area contributed by atoms with Gasteiger partial charge in [0.1, 0.15) is 11.2 Å². The van der Waals surface area contributed by atoms with Gasteiger partial charge in [-0.15, -0.1) is 0 Å². The van der Waals surface area contributed by atoms with Crippen LogP contribution in [-0.2, 0) is 5.41 Å². The number of furan rings is 1. The van der Waals surface area contributed by atoms with Gasteiger partial charge in [-0.1, -0.05) is 182 Å². The fourth-order valence-corrected chi connectivity index (χ4v) is 9.92. The molecule has 12 rings (SSSR count). The van der Waals surface area contributed by atoms with Crippen LogP contribution in [0.2, 0.25) is 0 Å². The van der Waals surface area contributed by atoms with Crippen molar-refractivity contribution in [1.29, 1.82) is 0 Å². The summed E-state index contributed by atoms with van der Waals surface area (Å²) in [5, 5.41) is 9.64. The number of hydrogen-bond acceptors (Lipinski definition) is 1. The molecule has 0 atom stereocenters. The summed E-state index contributed by atoms with van der Waals surface area (Å²) in [7, 11) is 0. The van der Waals surface area contributed by atoms with Crippen LogP contribution in [0.4, 0.5) is 0 Å². The van der Waals surface area contributed by atoms with Crippen molar-refractivity contribution in [3.8, 4) is 33.4 Å². The van der Waals surface area contributed by atoms with E-state index in [1.165, 1.54) is 82.6 Å². The smallest absolute Gasteiger partial charge is 0.143 e. The quantitative estimate of drug-likeness (QED) is 0.177. The first-order valence-electron chi connectivity index (χ1n) is 19.4. The average molecular weight is 711 g/mol. The minimum Gasteiger partial charge on any atom is -0.455 e. The molecule has 10 aromatic carbocycles. The van der Waals surface area contributed by atoms with Crippen LogP contribution in [0.3, 0.4) is 0 Å². The van der Waals surface area contributed by atoms with Crippen molar-refractivity contribution < 1.29 is 4.42 Å². The lowest BCUT2D eigenvalue weighted by molar-refractivity contribution is 0.673. The van der Waals surface area contributed by atoms with E-state index in [4.69, 9.17) is 4.42 Å². The van der Waals surface area contributed by atoms with E-state index in [1.807, 2.05) is 0 Å². The number of hydrogen-bond donors (Lipinski definition) is 0. The van der Waals surface area contributed by atoms with Gasteiger partial charge in [-0.2, -0.15) is 0 Å². The van der Waals surface area contributed by atoms with Crippen LogP contribution in [0.1, 0.15) is 22.3 Å². The molecule has 1 heteroatoms. The molecule has 0 spiro atoms. The van der Waals surface area contributed by atoms with Gasteiger partial charge in [0.05, 0.1) is 5.41 Å². The Morgan fingerprint density at radius 2 is 0.946 bits per heavy atom. The van der Waals surface area contributed by atoms with Crippen molar-refractivity contribution in [3.05, 3.63) is 229 Å². The predicted molar refractivity (Wildman–Crippen MR) is 234 cm³/mol. The highest BCUT2D eigenvalue weighted by Crippen LogP contribution is 2.59. The summed E-state index contributed by atoms with van der Waals surface area (Å²) >= 11 is 0. The maximum Gasteiger partial charge on any atom is 0.143 e. The van der Waals surface area contributed by atoms with Crippen molar-refractivity contribution in [1.82, 2.24) is 0 Å². The van der Waals surface area contributed by atoms with Gasteiger partial charge in [0, 0.05) is 16.2 Å². The Hall–Kier alpha value is -7.22. The first kappa shape index (κ1) is 31.2. The van der Waals surface area contributed by atoms with Gasteiger partial charge < -0.3 is 4.42 Å². The van der Waals surface area contributed by atoms with Gasteiger partial charge in [-0.05, 0) is 107 Å². The molecule has 1 heterocycles. The molecule has 1 aromatic heterocycles. The normalized spacial score (nSPS) is 13.1. The van der Waals surface area contributed by atoms with Crippen LogP contribution in [-0.4, -0.2) is 0 Å². The standard InChI is InChI=1S/C55H34O/c1-3-16-40(17-4-1)55(41-18-5-2-6-19-41)49-31-28-39(43-22-12-24-51-53(43)47-29-27-36-14-9-10-20-44(36)54(47)56-51)34-48(49)52-46-23-11-21-42(45(46)30-32-50(52)55)38-26-25-35-13-7-8-15-37(35)33-38/h1-34H. The monoisotopic (exact) mass is 710 g/mol. The predicted octanol–water partition coefficient (Wildman–Crippen LogP) is 14.7. The highest BCUT2D eigenvalue weighted by Gasteiger charge is 2.46. The molecule has 0 unspecified atom stereocenters. The minimum absolute atomic E-state index is 0.508. The summed E-state index contributed by atoms with van der Waals surface area (Å²) in [6.07, 6.45) is 0. The van der Waals surface area contributed by atoms with Gasteiger partial charge in [0.25, 0.3) is 0 Å². The van der Waals surface area contributed by atoms with Crippen LogP contribution in [0.15, 0.2) is 211 Å². The molecule has 260 valence electrons. The highest BCUT2D eigenvalue weighted by atomic mass is 16.3. The van der Waals surface area contributed by atoms with Crippen LogP contribution in [0.5, 0.6) is 0 Å². The number of fused-ring (bicyclic) bond motifs is 11. The molecule has 0 amide bonds. The fraction of sp³-hybridized carbons (Fsp3) is 0.0182. The van der Waals surface area contributed by atoms with Crippen LogP contribution in [0.25, 0.3) is 87.6 Å². The van der Waals surface area contributed by atoms with Gasteiger partial charge >= 0.3 is 0 Å². The van der Waals surface area contributed by atoms with Gasteiger partial charge in [-0.3, -0.25) is 0 Å². The first-order chi connectivity index (χ1) is 27.8. The summed E-state index contributed by atoms with van der Waals surface area (Å²) < 4.78 is 6.67. The van der Waals surface area contributed by atoms with E-state index in [1.54, 1.807) is 0 Å². The maximum absolute atomic E-state index is 6.67. The fourth-order valence-electron chi connectivity index (χ4n) is 9.92. The summed E-state index contributed by atoms with van der Waals surface area (Å²) in [5.74, 6) is 0. The van der Waals surface area contributed by atoms with Crippen molar-refractivity contribution in [2.24, 2.45) is 0 Å². The van der Waals surface area contributed by atoms with Crippen LogP contribution in [0, 0.1) is 0 Å². The third-order valence-electron chi connectivity index (χ3n) is 12.3. The lowest BCUT2D eigenvalue weighted by Gasteiger charge is -2.34. The molecule has 1 aliphatic carbocycles. The van der Waals surface area contributed by atoms with Crippen molar-refractivity contribution >= 4 is 54.3 Å². The van der Waals surface area contributed by atoms with Gasteiger partial charge in [0.2, 0.25) is 0 Å². The van der Waals surface area contributed by atoms with E-state index in [-0.39, 0.29) is 0 Å². The molecular weight excluding hydrogens is 677 g/mol. The lowest BCUT2D eigenvalue weighted by Crippen LogP contribution is -2.28.